The van der Waals surface area contributed by atoms with Gasteiger partial charge in [-0.1, -0.05) is 95.7 Å². The number of carboxylic acids is 2. The van der Waals surface area contributed by atoms with Gasteiger partial charge < -0.3 is 26.6 Å². The fraction of sp³-hybridized carbons (Fsp3) is 0.808. The molecule has 2 atom stereocenters. The van der Waals surface area contributed by atoms with E-state index in [1.807, 2.05) is 0 Å². The van der Waals surface area contributed by atoms with Crippen molar-refractivity contribution >= 4 is 40.6 Å². The number of rotatable bonds is 24. The zero-order valence-corrected chi connectivity index (χ0v) is 23.1. The molecule has 214 valence electrons. The van der Waals surface area contributed by atoms with Gasteiger partial charge in [0.25, 0.3) is 0 Å². The highest BCUT2D eigenvalue weighted by Crippen LogP contribution is 2.15. The maximum Gasteiger partial charge on any atom is 0.322 e. The smallest absolute Gasteiger partial charge is 0.322 e. The van der Waals surface area contributed by atoms with Gasteiger partial charge in [0.15, 0.2) is 5.12 Å². The molecular formula is C26H47N3O7S. The zero-order valence-electron chi connectivity index (χ0n) is 22.3. The van der Waals surface area contributed by atoms with Gasteiger partial charge in [0.05, 0.1) is 0 Å². The molecule has 0 aromatic heterocycles. The quantitative estimate of drug-likeness (QED) is 0.113. The molecule has 6 N–H and O–H groups in total. The Morgan fingerprint density at radius 1 is 0.784 bits per heavy atom. The van der Waals surface area contributed by atoms with Crippen molar-refractivity contribution in [2.75, 3.05) is 12.3 Å². The van der Waals surface area contributed by atoms with Crippen molar-refractivity contribution in [2.45, 2.75) is 122 Å². The van der Waals surface area contributed by atoms with Gasteiger partial charge in [0.2, 0.25) is 11.8 Å². The van der Waals surface area contributed by atoms with Crippen LogP contribution in [-0.4, -0.2) is 63.5 Å². The van der Waals surface area contributed by atoms with Crippen LogP contribution in [0.4, 0.5) is 0 Å². The Kier molecular flexibility index (Phi) is 21.7. The molecule has 0 rings (SSSR count). The number of hydrogen-bond acceptors (Lipinski definition) is 7. The van der Waals surface area contributed by atoms with E-state index in [0.29, 0.717) is 6.42 Å². The third-order valence-corrected chi connectivity index (χ3v) is 6.99. The molecule has 0 saturated heterocycles. The van der Waals surface area contributed by atoms with Gasteiger partial charge in [0, 0.05) is 18.6 Å². The second kappa shape index (κ2) is 23.0. The molecule has 0 unspecified atom stereocenters. The second-order valence-electron chi connectivity index (χ2n) is 9.39. The highest BCUT2D eigenvalue weighted by atomic mass is 32.2. The van der Waals surface area contributed by atoms with Crippen molar-refractivity contribution in [3.8, 4) is 0 Å². The summed E-state index contributed by atoms with van der Waals surface area (Å²) in [7, 11) is 0. The Balaban J connectivity index is 4.16. The second-order valence-corrected chi connectivity index (χ2v) is 10.5. The largest absolute Gasteiger partial charge is 0.480 e. The first-order valence-corrected chi connectivity index (χ1v) is 14.6. The number of nitrogens with one attached hydrogen (secondary N) is 2. The zero-order chi connectivity index (χ0) is 27.9. The van der Waals surface area contributed by atoms with E-state index in [1.165, 1.54) is 64.2 Å². The Hall–Kier alpha value is -2.14. The molecule has 0 aliphatic heterocycles. The van der Waals surface area contributed by atoms with Crippen LogP contribution in [0.3, 0.4) is 0 Å². The number of unbranched alkanes of at least 4 members (excludes halogenated alkanes) is 12. The molecule has 0 heterocycles. The van der Waals surface area contributed by atoms with Gasteiger partial charge in [0.1, 0.15) is 18.6 Å². The highest BCUT2D eigenvalue weighted by molar-refractivity contribution is 8.13. The third-order valence-electron chi connectivity index (χ3n) is 5.96. The number of aliphatic carboxylic acids is 2. The summed E-state index contributed by atoms with van der Waals surface area (Å²) < 4.78 is 0. The highest BCUT2D eigenvalue weighted by Gasteiger charge is 2.23. The third kappa shape index (κ3) is 21.6. The normalized spacial score (nSPS) is 12.5. The van der Waals surface area contributed by atoms with E-state index in [1.54, 1.807) is 0 Å². The molecule has 0 aromatic carbocycles. The molecule has 2 amide bonds. The van der Waals surface area contributed by atoms with Crippen molar-refractivity contribution in [1.29, 1.82) is 0 Å². The predicted octanol–water partition coefficient (Wildman–Crippen LogP) is 3.61. The van der Waals surface area contributed by atoms with Crippen LogP contribution in [0.25, 0.3) is 0 Å². The van der Waals surface area contributed by atoms with Crippen LogP contribution in [-0.2, 0) is 24.0 Å². The van der Waals surface area contributed by atoms with E-state index in [-0.39, 0.29) is 23.7 Å². The molecule has 0 bridgehead atoms. The van der Waals surface area contributed by atoms with Crippen LogP contribution in [0.5, 0.6) is 0 Å². The van der Waals surface area contributed by atoms with Crippen LogP contribution in [0.15, 0.2) is 0 Å². The molecular weight excluding hydrogens is 498 g/mol. The Labute approximate surface area is 225 Å². The Morgan fingerprint density at radius 2 is 1.30 bits per heavy atom. The first-order chi connectivity index (χ1) is 17.7. The van der Waals surface area contributed by atoms with E-state index in [2.05, 4.69) is 17.6 Å². The minimum atomic E-state index is -1.24. The molecule has 0 aromatic rings. The summed E-state index contributed by atoms with van der Waals surface area (Å²) in [6.45, 7) is 1.61. The number of amides is 2. The fourth-order valence-electron chi connectivity index (χ4n) is 3.68. The SMILES string of the molecule is CCCCCCCCCCCCCCCC(=O)SC[C@H](NC(=O)CC[C@H](N)C(=O)O)C(=O)NCC(=O)O. The van der Waals surface area contributed by atoms with Gasteiger partial charge in [-0.15, -0.1) is 0 Å². The van der Waals surface area contributed by atoms with E-state index >= 15 is 0 Å². The van der Waals surface area contributed by atoms with Gasteiger partial charge in [-0.05, 0) is 12.8 Å². The van der Waals surface area contributed by atoms with Gasteiger partial charge in [-0.3, -0.25) is 24.0 Å². The summed E-state index contributed by atoms with van der Waals surface area (Å²) in [5.41, 5.74) is 5.38. The molecule has 0 saturated carbocycles. The predicted molar refractivity (Wildman–Crippen MR) is 145 cm³/mol. The summed E-state index contributed by atoms with van der Waals surface area (Å²) in [6.07, 6.45) is 15.8. The summed E-state index contributed by atoms with van der Waals surface area (Å²) in [5.74, 6) is -3.84. The van der Waals surface area contributed by atoms with Crippen LogP contribution < -0.4 is 16.4 Å². The lowest BCUT2D eigenvalue weighted by Crippen LogP contribution is -2.49. The monoisotopic (exact) mass is 545 g/mol. The molecule has 37 heavy (non-hydrogen) atoms. The lowest BCUT2D eigenvalue weighted by Gasteiger charge is -2.18. The molecule has 0 aliphatic rings. The van der Waals surface area contributed by atoms with Crippen molar-refractivity contribution in [3.63, 3.8) is 0 Å². The van der Waals surface area contributed by atoms with Crippen molar-refractivity contribution in [1.82, 2.24) is 10.6 Å². The number of thioether (sulfide) groups is 1. The summed E-state index contributed by atoms with van der Waals surface area (Å²) in [5, 5.41) is 22.1. The van der Waals surface area contributed by atoms with Crippen LogP contribution in [0, 0.1) is 0 Å². The first kappa shape index (κ1) is 34.9. The van der Waals surface area contributed by atoms with Crippen molar-refractivity contribution < 1.29 is 34.2 Å². The van der Waals surface area contributed by atoms with Crippen LogP contribution in [0.1, 0.15) is 110 Å². The summed E-state index contributed by atoms with van der Waals surface area (Å²) >= 11 is 0.922. The number of hydrogen-bond donors (Lipinski definition) is 5. The van der Waals surface area contributed by atoms with Gasteiger partial charge >= 0.3 is 11.9 Å². The lowest BCUT2D eigenvalue weighted by atomic mass is 10.0. The van der Waals surface area contributed by atoms with Gasteiger partial charge in [-0.25, -0.2) is 0 Å². The van der Waals surface area contributed by atoms with E-state index < -0.39 is 42.4 Å². The maximum atomic E-state index is 12.3. The average molecular weight is 546 g/mol. The minimum Gasteiger partial charge on any atom is -0.480 e. The number of carbonyl (C=O) groups excluding carboxylic acids is 3. The summed E-state index contributed by atoms with van der Waals surface area (Å²) in [6, 6.07) is -2.32. The van der Waals surface area contributed by atoms with Crippen LogP contribution in [0.2, 0.25) is 0 Å². The Bertz CT molecular complexity index is 691. The first-order valence-electron chi connectivity index (χ1n) is 13.6. The van der Waals surface area contributed by atoms with E-state index in [9.17, 15) is 24.0 Å². The fourth-order valence-corrected chi connectivity index (χ4v) is 4.56. The molecule has 0 spiro atoms. The summed E-state index contributed by atoms with van der Waals surface area (Å²) in [4.78, 5) is 58.2. The standard InChI is InChI=1S/C26H47N3O7S/c1-2-3-4-5-6-7-8-9-10-11-12-13-14-15-24(33)37-19-21(25(34)28-18-23(31)32)29-22(30)17-16-20(27)26(35)36/h20-21H,2-19,27H2,1H3,(H,28,34)(H,29,30)(H,31,32)(H,35,36)/t20-,21-/m0/s1. The number of carboxylic acid groups (broad SMARTS) is 2. The molecule has 0 aliphatic carbocycles. The van der Waals surface area contributed by atoms with Crippen molar-refractivity contribution in [2.24, 2.45) is 5.73 Å². The van der Waals surface area contributed by atoms with E-state index in [0.717, 1.165) is 31.0 Å². The number of nitrogens with two attached hydrogens (primary N) is 1. The van der Waals surface area contributed by atoms with E-state index in [4.69, 9.17) is 15.9 Å². The maximum absolute atomic E-state index is 12.3. The molecule has 10 nitrogen and oxygen atoms in total. The lowest BCUT2D eigenvalue weighted by molar-refractivity contribution is -0.139. The topological polar surface area (TPSA) is 176 Å². The van der Waals surface area contributed by atoms with Crippen molar-refractivity contribution in [3.05, 3.63) is 0 Å². The van der Waals surface area contributed by atoms with Crippen LogP contribution >= 0.6 is 11.8 Å². The average Bonchev–Trinajstić information content (AvgIpc) is 2.86. The number of carbonyl (C=O) groups is 5. The Morgan fingerprint density at radius 3 is 1.78 bits per heavy atom. The molecule has 0 radical (unpaired) electrons. The molecule has 0 fully saturated rings. The van der Waals surface area contributed by atoms with Gasteiger partial charge in [-0.2, -0.15) is 0 Å². The minimum absolute atomic E-state index is 0.0422. The molecule has 11 heteroatoms.